The van der Waals surface area contributed by atoms with E-state index in [4.69, 9.17) is 20.3 Å². The zero-order chi connectivity index (χ0) is 50.4. The smallest absolute Gasteiger partial charge is 0.306 e. The number of pyridine rings is 2. The van der Waals surface area contributed by atoms with E-state index in [2.05, 4.69) is 35.0 Å². The summed E-state index contributed by atoms with van der Waals surface area (Å²) in [4.78, 5) is 45.9. The van der Waals surface area contributed by atoms with E-state index in [1.165, 1.54) is 18.2 Å². The first-order valence-corrected chi connectivity index (χ1v) is 24.8. The van der Waals surface area contributed by atoms with Gasteiger partial charge in [0.15, 0.2) is 11.3 Å². The van der Waals surface area contributed by atoms with Crippen molar-refractivity contribution in [3.05, 3.63) is 150 Å². The van der Waals surface area contributed by atoms with Crippen LogP contribution in [0.25, 0.3) is 34.1 Å². The highest BCUT2D eigenvalue weighted by atomic mass is 19.1. The fraction of sp³-hybridized carbons (Fsp3) is 0.333. The third-order valence-electron chi connectivity index (χ3n) is 14.1. The van der Waals surface area contributed by atoms with Gasteiger partial charge in [-0.15, -0.1) is 10.2 Å². The molecule has 4 aliphatic heterocycles. The van der Waals surface area contributed by atoms with Gasteiger partial charge in [0.25, 0.3) is 0 Å². The van der Waals surface area contributed by atoms with Crippen LogP contribution in [0.3, 0.4) is 0 Å². The maximum atomic E-state index is 13.9. The van der Waals surface area contributed by atoms with Gasteiger partial charge < -0.3 is 30.2 Å². The van der Waals surface area contributed by atoms with Gasteiger partial charge in [0.1, 0.15) is 40.5 Å². The molecule has 2 atom stereocenters. The molecule has 4 aliphatic rings. The molecule has 0 radical (unpaired) electrons. The summed E-state index contributed by atoms with van der Waals surface area (Å²) in [7, 11) is 0. The first kappa shape index (κ1) is 48.7. The van der Waals surface area contributed by atoms with Gasteiger partial charge in [-0.3, -0.25) is 9.59 Å². The lowest BCUT2D eigenvalue weighted by molar-refractivity contribution is -0.143. The molecular weight excluding hydrogens is 938 g/mol. The topological polar surface area (TPSA) is 183 Å². The van der Waals surface area contributed by atoms with Crippen LogP contribution in [0.1, 0.15) is 74.6 Å². The summed E-state index contributed by atoms with van der Waals surface area (Å²) in [5, 5.41) is 30.6. The molecule has 0 bridgehead atoms. The van der Waals surface area contributed by atoms with E-state index in [1.54, 1.807) is 53.3 Å². The molecule has 8 aromatic rings. The average Bonchev–Trinajstić information content (AvgIpc) is 4.26. The Morgan fingerprint density at radius 2 is 1.03 bits per heavy atom. The Balaban J connectivity index is 0.000000146. The number of carboxylic acids is 2. The van der Waals surface area contributed by atoms with Crippen LogP contribution in [0.5, 0.6) is 0 Å². The maximum Gasteiger partial charge on any atom is 0.306 e. The van der Waals surface area contributed by atoms with Crippen molar-refractivity contribution >= 4 is 40.7 Å². The number of carbonyl (C=O) groups is 2. The minimum absolute atomic E-state index is 0.0694. The van der Waals surface area contributed by atoms with Crippen molar-refractivity contribution in [1.82, 2.24) is 44.5 Å². The Bertz CT molecular complexity index is 3230. The van der Waals surface area contributed by atoms with E-state index in [-0.39, 0.29) is 35.6 Å². The summed E-state index contributed by atoms with van der Waals surface area (Å²) in [6.07, 6.45) is 10.1. The van der Waals surface area contributed by atoms with E-state index in [0.29, 0.717) is 43.0 Å². The third-order valence-corrected chi connectivity index (χ3v) is 14.1. The predicted molar refractivity (Wildman–Crippen MR) is 270 cm³/mol. The van der Waals surface area contributed by atoms with Crippen LogP contribution in [-0.2, 0) is 9.59 Å². The fourth-order valence-corrected chi connectivity index (χ4v) is 10.3. The normalized spacial score (nSPS) is 18.4. The summed E-state index contributed by atoms with van der Waals surface area (Å²) in [5.41, 5.74) is 5.93. The van der Waals surface area contributed by atoms with Crippen molar-refractivity contribution in [3.63, 3.8) is 0 Å². The maximum absolute atomic E-state index is 13.9. The number of nitrogens with zero attached hydrogens (tertiary/aromatic N) is 11. The number of imidazole rings is 2. The minimum atomic E-state index is -0.721. The molecule has 73 heavy (non-hydrogen) atoms. The lowest BCUT2D eigenvalue weighted by Gasteiger charge is -2.31. The molecule has 0 saturated carbocycles. The second-order valence-corrected chi connectivity index (χ2v) is 18.7. The Kier molecular flexibility index (Phi) is 14.6. The van der Waals surface area contributed by atoms with E-state index in [9.17, 15) is 27.9 Å². The number of carboxylic acid groups (broad SMARTS) is 2. The van der Waals surface area contributed by atoms with E-state index in [1.807, 2.05) is 59.1 Å². The zero-order valence-corrected chi connectivity index (χ0v) is 40.0. The molecule has 4 fully saturated rings. The summed E-state index contributed by atoms with van der Waals surface area (Å²) in [6, 6.07) is 31.9. The molecule has 19 heteroatoms. The third kappa shape index (κ3) is 11.0. The minimum Gasteiger partial charge on any atom is -0.481 e. The number of nitrogens with one attached hydrogen (secondary N) is 1. The molecular formula is C54H55F3N12O4. The Morgan fingerprint density at radius 3 is 1.52 bits per heavy atom. The zero-order valence-electron chi connectivity index (χ0n) is 40.0. The number of hydrogen-bond acceptors (Lipinski definition) is 12. The van der Waals surface area contributed by atoms with Crippen LogP contribution in [0.2, 0.25) is 0 Å². The molecule has 4 saturated heterocycles. The molecule has 0 amide bonds. The Morgan fingerprint density at radius 1 is 0.534 bits per heavy atom. The van der Waals surface area contributed by atoms with Crippen LogP contribution in [0.4, 0.5) is 30.6 Å². The first-order valence-electron chi connectivity index (χ1n) is 24.8. The predicted octanol–water partition coefficient (Wildman–Crippen LogP) is 9.05. The van der Waals surface area contributed by atoms with Gasteiger partial charge in [-0.2, -0.15) is 4.39 Å². The summed E-state index contributed by atoms with van der Waals surface area (Å²) >= 11 is 0. The van der Waals surface area contributed by atoms with Crippen LogP contribution in [0.15, 0.2) is 122 Å². The Labute approximate surface area is 419 Å². The van der Waals surface area contributed by atoms with Gasteiger partial charge >= 0.3 is 11.9 Å². The summed E-state index contributed by atoms with van der Waals surface area (Å²) < 4.78 is 44.7. The van der Waals surface area contributed by atoms with Crippen molar-refractivity contribution in [2.75, 3.05) is 54.0 Å². The molecule has 0 spiro atoms. The van der Waals surface area contributed by atoms with Gasteiger partial charge in [0.05, 0.1) is 47.7 Å². The van der Waals surface area contributed by atoms with Crippen LogP contribution < -0.4 is 20.0 Å². The van der Waals surface area contributed by atoms with Gasteiger partial charge in [-0.05, 0) is 148 Å². The quantitative estimate of drug-likeness (QED) is 0.117. The monoisotopic (exact) mass is 992 g/mol. The molecule has 376 valence electrons. The largest absolute Gasteiger partial charge is 0.481 e. The highest BCUT2D eigenvalue weighted by Gasteiger charge is 2.30. The lowest BCUT2D eigenvalue weighted by atomic mass is 9.97. The van der Waals surface area contributed by atoms with Crippen molar-refractivity contribution in [2.24, 2.45) is 11.8 Å². The molecule has 0 unspecified atom stereocenters. The van der Waals surface area contributed by atoms with Crippen molar-refractivity contribution < 1.29 is 33.0 Å². The van der Waals surface area contributed by atoms with Gasteiger partial charge in [0.2, 0.25) is 5.95 Å². The van der Waals surface area contributed by atoms with Gasteiger partial charge in [-0.25, -0.2) is 37.7 Å². The number of rotatable bonds is 9. The number of aromatic nitrogens is 8. The highest BCUT2D eigenvalue weighted by Crippen LogP contribution is 2.37. The van der Waals surface area contributed by atoms with E-state index >= 15 is 0 Å². The average molecular weight is 993 g/mol. The van der Waals surface area contributed by atoms with Crippen molar-refractivity contribution in [1.29, 1.82) is 0 Å². The highest BCUT2D eigenvalue weighted by molar-refractivity contribution is 5.71. The molecule has 10 heterocycles. The number of anilines is 3. The number of halogens is 3. The number of hydrogen-bond donors (Lipinski definition) is 3. The lowest BCUT2D eigenvalue weighted by Crippen LogP contribution is -2.36. The van der Waals surface area contributed by atoms with Crippen LogP contribution in [0, 0.1) is 29.4 Å². The molecule has 6 aromatic heterocycles. The molecule has 2 aromatic carbocycles. The standard InChI is InChI=1S/C27H27FN6O2.C21H17F2N5.C6H11NO2/c28-20-5-1-4-19(16-20)22-7-3-13-33(22)26-10-9-24-29-17-23(34(24)31-26)21-6-2-8-25(30-21)32-14-11-18(12-15-32)27(35)36;22-15-5-1-4-14(12-15)17-7-3-11-27(17)21-10-9-20-24-13-18(28(20)26-21)16-6-2-8-19(23)25-16;8-6(9)5-1-3-7-4-2-5/h1-2,4-6,8-10,16-18,22H,3,7,11-15H2,(H,35,36);1-2,4-6,8-10,12-13,17H,3,7,11H2;5,7H,1-4H2,(H,8,9)/t22-;17-;/m11./s1. The number of fused-ring (bicyclic) bond motifs is 2. The number of benzene rings is 2. The van der Waals surface area contributed by atoms with Crippen LogP contribution in [-0.4, -0.2) is 101 Å². The van der Waals surface area contributed by atoms with Crippen LogP contribution >= 0.6 is 0 Å². The number of piperidine rings is 2. The van der Waals surface area contributed by atoms with Gasteiger partial charge in [0, 0.05) is 26.2 Å². The molecule has 16 nitrogen and oxygen atoms in total. The second kappa shape index (κ2) is 21.8. The molecule has 0 aliphatic carbocycles. The molecule has 12 rings (SSSR count). The van der Waals surface area contributed by atoms with Gasteiger partial charge in [-0.1, -0.05) is 36.4 Å². The Hall–Kier alpha value is -7.93. The van der Waals surface area contributed by atoms with E-state index in [0.717, 1.165) is 110 Å². The SMILES string of the molecule is Fc1cccc([C@H]2CCCN2c2ccc3ncc(-c4cccc(F)n4)n3n2)c1.O=C(O)C1CCN(c2cccc(-c3cnc4ccc(N5CCC[C@@H]5c5cccc(F)c5)nn34)n2)CC1.O=C(O)C1CCNCC1. The summed E-state index contributed by atoms with van der Waals surface area (Å²) in [5.74, 6) is -0.325. The number of aliphatic carboxylic acids is 2. The van der Waals surface area contributed by atoms with E-state index < -0.39 is 17.9 Å². The summed E-state index contributed by atoms with van der Waals surface area (Å²) in [6.45, 7) is 4.73. The second-order valence-electron chi connectivity index (χ2n) is 18.7. The fourth-order valence-electron chi connectivity index (χ4n) is 10.3. The van der Waals surface area contributed by atoms with Crippen molar-refractivity contribution in [3.8, 4) is 22.8 Å². The van der Waals surface area contributed by atoms with Crippen molar-refractivity contribution in [2.45, 2.75) is 63.5 Å². The first-order chi connectivity index (χ1) is 35.6. The molecule has 3 N–H and O–H groups in total.